The third-order valence-corrected chi connectivity index (χ3v) is 2.71. The molecule has 0 aliphatic rings. The molecule has 1 aromatic heterocycles. The summed E-state index contributed by atoms with van der Waals surface area (Å²) < 4.78 is 5.21. The molecule has 4 heteroatoms. The maximum absolute atomic E-state index is 5.21. The van der Waals surface area contributed by atoms with Gasteiger partial charge in [0.2, 0.25) is 0 Å². The Morgan fingerprint density at radius 3 is 2.71 bits per heavy atom. The van der Waals surface area contributed by atoms with E-state index in [0.717, 1.165) is 24.4 Å². The lowest BCUT2D eigenvalue weighted by Crippen LogP contribution is -2.30. The van der Waals surface area contributed by atoms with Gasteiger partial charge >= 0.3 is 0 Å². The quantitative estimate of drug-likeness (QED) is 0.791. The van der Waals surface area contributed by atoms with Crippen molar-refractivity contribution in [1.29, 1.82) is 0 Å². The van der Waals surface area contributed by atoms with E-state index < -0.39 is 0 Å². The average Bonchev–Trinajstić information content (AvgIpc) is 2.29. The third-order valence-electron chi connectivity index (χ3n) is 2.71. The number of nitrogens with one attached hydrogen (secondary N) is 1. The highest BCUT2D eigenvalue weighted by molar-refractivity contribution is 5.36. The van der Waals surface area contributed by atoms with E-state index in [1.807, 2.05) is 6.07 Å². The van der Waals surface area contributed by atoms with Crippen LogP contribution >= 0.6 is 0 Å². The van der Waals surface area contributed by atoms with Crippen LogP contribution in [0.5, 0.6) is 0 Å². The fraction of sp³-hybridized carbons (Fsp3) is 0.692. The summed E-state index contributed by atoms with van der Waals surface area (Å²) in [5.41, 5.74) is 1.09. The van der Waals surface area contributed by atoms with Gasteiger partial charge in [-0.3, -0.25) is 0 Å². The van der Waals surface area contributed by atoms with E-state index in [4.69, 9.17) is 4.74 Å². The first-order valence-electron chi connectivity index (χ1n) is 6.23. The molecule has 1 unspecified atom stereocenters. The number of aryl methyl sites for hydroxylation is 1. The topological polar surface area (TPSA) is 47.0 Å². The molecule has 0 saturated carbocycles. The molecule has 0 fully saturated rings. The van der Waals surface area contributed by atoms with Crippen LogP contribution < -0.4 is 5.32 Å². The summed E-state index contributed by atoms with van der Waals surface area (Å²) in [5.74, 6) is 1.39. The SMILES string of the molecule is CCCc1cc(NC(COC)C(C)C)ncn1. The molecule has 1 heterocycles. The molecule has 0 amide bonds. The Hall–Kier alpha value is -1.16. The number of hydrogen-bond acceptors (Lipinski definition) is 4. The Morgan fingerprint density at radius 1 is 1.35 bits per heavy atom. The van der Waals surface area contributed by atoms with E-state index in [2.05, 4.69) is 36.1 Å². The first kappa shape index (κ1) is 13.9. The van der Waals surface area contributed by atoms with Gasteiger partial charge in [-0.2, -0.15) is 0 Å². The van der Waals surface area contributed by atoms with Gasteiger partial charge in [0.25, 0.3) is 0 Å². The summed E-state index contributed by atoms with van der Waals surface area (Å²) in [6, 6.07) is 2.30. The Kier molecular flexibility index (Phi) is 5.91. The highest BCUT2D eigenvalue weighted by Gasteiger charge is 2.13. The lowest BCUT2D eigenvalue weighted by Gasteiger charge is -2.22. The Morgan fingerprint density at radius 2 is 2.12 bits per heavy atom. The van der Waals surface area contributed by atoms with Gasteiger partial charge in [0, 0.05) is 18.9 Å². The normalized spacial score (nSPS) is 12.8. The molecule has 0 aliphatic carbocycles. The molecule has 1 N–H and O–H groups in total. The largest absolute Gasteiger partial charge is 0.383 e. The summed E-state index contributed by atoms with van der Waals surface area (Å²) >= 11 is 0. The van der Waals surface area contributed by atoms with Crippen molar-refractivity contribution in [2.45, 2.75) is 39.7 Å². The minimum absolute atomic E-state index is 0.282. The van der Waals surface area contributed by atoms with Gasteiger partial charge in [-0.1, -0.05) is 27.2 Å². The van der Waals surface area contributed by atoms with Crippen molar-refractivity contribution in [3.05, 3.63) is 18.1 Å². The Labute approximate surface area is 104 Å². The molecule has 0 spiro atoms. The molecule has 0 aliphatic heterocycles. The van der Waals surface area contributed by atoms with E-state index in [1.54, 1.807) is 13.4 Å². The first-order chi connectivity index (χ1) is 8.17. The molecule has 1 atom stereocenters. The van der Waals surface area contributed by atoms with Crippen LogP contribution in [-0.4, -0.2) is 29.7 Å². The van der Waals surface area contributed by atoms with Crippen LogP contribution in [0.2, 0.25) is 0 Å². The van der Waals surface area contributed by atoms with Crippen LogP contribution in [0.3, 0.4) is 0 Å². The van der Waals surface area contributed by atoms with E-state index in [-0.39, 0.29) is 6.04 Å². The van der Waals surface area contributed by atoms with Gasteiger partial charge in [0.05, 0.1) is 12.6 Å². The number of rotatable bonds is 7. The molecule has 17 heavy (non-hydrogen) atoms. The number of methoxy groups -OCH3 is 1. The van der Waals surface area contributed by atoms with Gasteiger partial charge in [0.15, 0.2) is 0 Å². The van der Waals surface area contributed by atoms with Gasteiger partial charge < -0.3 is 10.1 Å². The summed E-state index contributed by atoms with van der Waals surface area (Å²) in [6.45, 7) is 7.18. The number of nitrogens with zero attached hydrogens (tertiary/aromatic N) is 2. The fourth-order valence-corrected chi connectivity index (χ4v) is 1.64. The number of ether oxygens (including phenoxy) is 1. The second-order valence-corrected chi connectivity index (χ2v) is 4.59. The van der Waals surface area contributed by atoms with Crippen LogP contribution in [0.4, 0.5) is 5.82 Å². The van der Waals surface area contributed by atoms with Crippen LogP contribution in [0.15, 0.2) is 12.4 Å². The van der Waals surface area contributed by atoms with E-state index >= 15 is 0 Å². The fourth-order valence-electron chi connectivity index (χ4n) is 1.64. The molecule has 1 rings (SSSR count). The van der Waals surface area contributed by atoms with E-state index in [9.17, 15) is 0 Å². The number of aromatic nitrogens is 2. The van der Waals surface area contributed by atoms with Gasteiger partial charge in [-0.15, -0.1) is 0 Å². The zero-order chi connectivity index (χ0) is 12.7. The molecule has 96 valence electrons. The van der Waals surface area contributed by atoms with Gasteiger partial charge in [-0.25, -0.2) is 9.97 Å². The van der Waals surface area contributed by atoms with Crippen molar-refractivity contribution in [3.63, 3.8) is 0 Å². The van der Waals surface area contributed by atoms with Crippen LogP contribution in [0.1, 0.15) is 32.9 Å². The average molecular weight is 237 g/mol. The smallest absolute Gasteiger partial charge is 0.129 e. The number of anilines is 1. The molecule has 4 nitrogen and oxygen atoms in total. The predicted octanol–water partition coefficient (Wildman–Crippen LogP) is 2.51. The molecule has 0 bridgehead atoms. The molecule has 0 saturated heterocycles. The second-order valence-electron chi connectivity index (χ2n) is 4.59. The maximum atomic E-state index is 5.21. The highest BCUT2D eigenvalue weighted by Crippen LogP contribution is 2.12. The van der Waals surface area contributed by atoms with E-state index in [0.29, 0.717) is 12.5 Å². The molecular weight excluding hydrogens is 214 g/mol. The predicted molar refractivity (Wildman–Crippen MR) is 70.2 cm³/mol. The zero-order valence-electron chi connectivity index (χ0n) is 11.2. The Balaban J connectivity index is 2.68. The third kappa shape index (κ3) is 4.69. The summed E-state index contributed by atoms with van der Waals surface area (Å²) in [6.07, 6.45) is 3.72. The zero-order valence-corrected chi connectivity index (χ0v) is 11.2. The van der Waals surface area contributed by atoms with Gasteiger partial charge in [-0.05, 0) is 12.3 Å². The van der Waals surface area contributed by atoms with Crippen LogP contribution in [0.25, 0.3) is 0 Å². The molecule has 1 aromatic rings. The first-order valence-corrected chi connectivity index (χ1v) is 6.23. The minimum Gasteiger partial charge on any atom is -0.383 e. The molecule has 0 radical (unpaired) electrons. The van der Waals surface area contributed by atoms with E-state index in [1.165, 1.54) is 0 Å². The number of hydrogen-bond donors (Lipinski definition) is 1. The van der Waals surface area contributed by atoms with Crippen LogP contribution in [-0.2, 0) is 11.2 Å². The van der Waals surface area contributed by atoms with Crippen molar-refractivity contribution < 1.29 is 4.74 Å². The molecular formula is C13H23N3O. The van der Waals surface area contributed by atoms with Crippen molar-refractivity contribution in [3.8, 4) is 0 Å². The monoisotopic (exact) mass is 237 g/mol. The van der Waals surface area contributed by atoms with Crippen molar-refractivity contribution in [2.24, 2.45) is 5.92 Å². The summed E-state index contributed by atoms with van der Waals surface area (Å²) in [5, 5.41) is 3.40. The lowest BCUT2D eigenvalue weighted by atomic mass is 10.1. The highest BCUT2D eigenvalue weighted by atomic mass is 16.5. The second kappa shape index (κ2) is 7.22. The van der Waals surface area contributed by atoms with Crippen molar-refractivity contribution >= 4 is 5.82 Å². The standard InChI is InChI=1S/C13H23N3O/c1-5-6-11-7-13(15-9-14-11)16-12(8-17-4)10(2)3/h7,9-10,12H,5-6,8H2,1-4H3,(H,14,15,16). The minimum atomic E-state index is 0.282. The molecule has 0 aromatic carbocycles. The van der Waals surface area contributed by atoms with Crippen LogP contribution in [0, 0.1) is 5.92 Å². The van der Waals surface area contributed by atoms with Crippen molar-refractivity contribution in [2.75, 3.05) is 19.0 Å². The maximum Gasteiger partial charge on any atom is 0.129 e. The van der Waals surface area contributed by atoms with Gasteiger partial charge in [0.1, 0.15) is 12.1 Å². The lowest BCUT2D eigenvalue weighted by molar-refractivity contribution is 0.171. The Bertz CT molecular complexity index is 328. The summed E-state index contributed by atoms with van der Waals surface area (Å²) in [4.78, 5) is 8.49. The van der Waals surface area contributed by atoms with Crippen molar-refractivity contribution in [1.82, 2.24) is 9.97 Å². The summed E-state index contributed by atoms with van der Waals surface area (Å²) in [7, 11) is 1.72.